The molecule has 1 heterocycles. The zero-order valence-corrected chi connectivity index (χ0v) is 17.0. The Hall–Kier alpha value is -2.79. The number of rotatable bonds is 7. The first-order valence-corrected chi connectivity index (χ1v) is 9.52. The average molecular weight is 399 g/mol. The molecule has 0 unspecified atom stereocenters. The standard InChI is InChI=1S/C22H23ClN2O3/c1-14-12-18(13-15(2)19(14)23)28-11-7-10-25-21(22(26)27)16(3)20(24-25)17-8-5-4-6-9-17/h4-6,8-9,12-13H,7,10-11H2,1-3H3,(H,26,27). The van der Waals surface area contributed by atoms with Crippen LogP contribution >= 0.6 is 11.6 Å². The van der Waals surface area contributed by atoms with Crippen molar-refractivity contribution in [1.82, 2.24) is 9.78 Å². The fourth-order valence-electron chi connectivity index (χ4n) is 3.25. The van der Waals surface area contributed by atoms with Crippen molar-refractivity contribution in [3.8, 4) is 17.0 Å². The molecule has 0 amide bonds. The van der Waals surface area contributed by atoms with Crippen molar-refractivity contribution in [2.24, 2.45) is 0 Å². The second kappa shape index (κ2) is 8.48. The van der Waals surface area contributed by atoms with Crippen LogP contribution in [0, 0.1) is 20.8 Å². The van der Waals surface area contributed by atoms with Gasteiger partial charge in [-0.2, -0.15) is 5.10 Å². The number of halogens is 1. The SMILES string of the molecule is Cc1cc(OCCCn2nc(-c3ccccc3)c(C)c2C(=O)O)cc(C)c1Cl. The fraction of sp³-hybridized carbons (Fsp3) is 0.273. The van der Waals surface area contributed by atoms with Gasteiger partial charge in [-0.05, 0) is 44.0 Å². The molecular weight excluding hydrogens is 376 g/mol. The molecule has 2 aromatic carbocycles. The van der Waals surface area contributed by atoms with Gasteiger partial charge in [0.15, 0.2) is 0 Å². The first kappa shape index (κ1) is 20.0. The molecule has 3 aromatic rings. The molecule has 0 aliphatic rings. The molecule has 6 heteroatoms. The topological polar surface area (TPSA) is 64.4 Å². The normalized spacial score (nSPS) is 10.9. The molecule has 0 saturated heterocycles. The lowest BCUT2D eigenvalue weighted by Gasteiger charge is -2.10. The van der Waals surface area contributed by atoms with E-state index >= 15 is 0 Å². The van der Waals surface area contributed by atoms with Gasteiger partial charge in [-0.3, -0.25) is 4.68 Å². The van der Waals surface area contributed by atoms with Crippen LogP contribution in [0.1, 0.15) is 33.6 Å². The number of carboxylic acids is 1. The first-order valence-electron chi connectivity index (χ1n) is 9.14. The molecule has 1 aromatic heterocycles. The molecule has 146 valence electrons. The van der Waals surface area contributed by atoms with Crippen molar-refractivity contribution in [1.29, 1.82) is 0 Å². The third-order valence-electron chi connectivity index (χ3n) is 4.63. The molecule has 0 spiro atoms. The molecule has 3 rings (SSSR count). The predicted molar refractivity (Wildman–Crippen MR) is 110 cm³/mol. The largest absolute Gasteiger partial charge is 0.494 e. The van der Waals surface area contributed by atoms with Crippen molar-refractivity contribution in [2.75, 3.05) is 6.61 Å². The first-order chi connectivity index (χ1) is 13.4. The highest BCUT2D eigenvalue weighted by Gasteiger charge is 2.20. The Balaban J connectivity index is 1.71. The van der Waals surface area contributed by atoms with Gasteiger partial charge in [0.1, 0.15) is 11.4 Å². The minimum absolute atomic E-state index is 0.219. The smallest absolute Gasteiger partial charge is 0.354 e. The molecular formula is C22H23ClN2O3. The molecule has 0 aliphatic heterocycles. The zero-order valence-electron chi connectivity index (χ0n) is 16.2. The minimum atomic E-state index is -0.975. The Morgan fingerprint density at radius 3 is 2.39 bits per heavy atom. The number of aromatic carboxylic acids is 1. The Kier molecular flexibility index (Phi) is 6.05. The van der Waals surface area contributed by atoms with Crippen LogP contribution in [-0.2, 0) is 6.54 Å². The number of benzene rings is 2. The molecule has 0 radical (unpaired) electrons. The zero-order chi connectivity index (χ0) is 20.3. The summed E-state index contributed by atoms with van der Waals surface area (Å²) in [6, 6.07) is 13.4. The molecule has 0 bridgehead atoms. The highest BCUT2D eigenvalue weighted by Crippen LogP contribution is 2.27. The maximum Gasteiger partial charge on any atom is 0.354 e. The van der Waals surface area contributed by atoms with E-state index in [4.69, 9.17) is 16.3 Å². The summed E-state index contributed by atoms with van der Waals surface area (Å²) in [5.41, 5.74) is 4.44. The number of carbonyl (C=O) groups is 1. The van der Waals surface area contributed by atoms with Crippen LogP contribution in [0.3, 0.4) is 0 Å². The number of nitrogens with zero attached hydrogens (tertiary/aromatic N) is 2. The monoisotopic (exact) mass is 398 g/mol. The molecule has 5 nitrogen and oxygen atoms in total. The van der Waals surface area contributed by atoms with Crippen LogP contribution in [0.5, 0.6) is 5.75 Å². The van der Waals surface area contributed by atoms with E-state index in [0.29, 0.717) is 30.8 Å². The number of hydrogen-bond acceptors (Lipinski definition) is 3. The summed E-state index contributed by atoms with van der Waals surface area (Å²) in [4.78, 5) is 11.7. The highest BCUT2D eigenvalue weighted by atomic mass is 35.5. The summed E-state index contributed by atoms with van der Waals surface area (Å²) in [6.45, 7) is 6.60. The number of aromatic nitrogens is 2. The van der Waals surface area contributed by atoms with Crippen LogP contribution in [0.25, 0.3) is 11.3 Å². The average Bonchev–Trinajstić information content (AvgIpc) is 3.00. The summed E-state index contributed by atoms with van der Waals surface area (Å²) >= 11 is 6.18. The van der Waals surface area contributed by atoms with Crippen LogP contribution in [0.15, 0.2) is 42.5 Å². The fourth-order valence-corrected chi connectivity index (χ4v) is 3.36. The van der Waals surface area contributed by atoms with Gasteiger partial charge in [0.2, 0.25) is 0 Å². The quantitative estimate of drug-likeness (QED) is 0.549. The van der Waals surface area contributed by atoms with Gasteiger partial charge in [0, 0.05) is 29.1 Å². The van der Waals surface area contributed by atoms with E-state index in [1.807, 2.05) is 56.3 Å². The summed E-state index contributed by atoms with van der Waals surface area (Å²) in [5.74, 6) is -0.212. The Morgan fingerprint density at radius 1 is 1.14 bits per heavy atom. The van der Waals surface area contributed by atoms with E-state index in [1.165, 1.54) is 0 Å². The molecule has 0 aliphatic carbocycles. The number of hydrogen-bond donors (Lipinski definition) is 1. The number of ether oxygens (including phenoxy) is 1. The maximum atomic E-state index is 11.7. The van der Waals surface area contributed by atoms with E-state index in [2.05, 4.69) is 5.10 Å². The van der Waals surface area contributed by atoms with Gasteiger partial charge < -0.3 is 9.84 Å². The third-order valence-corrected chi connectivity index (χ3v) is 5.23. The Morgan fingerprint density at radius 2 is 1.79 bits per heavy atom. The molecule has 0 fully saturated rings. The van der Waals surface area contributed by atoms with Gasteiger partial charge >= 0.3 is 5.97 Å². The summed E-state index contributed by atoms with van der Waals surface area (Å²) in [6.07, 6.45) is 0.635. The van der Waals surface area contributed by atoms with Gasteiger partial charge in [0.05, 0.1) is 12.3 Å². The van der Waals surface area contributed by atoms with Gasteiger partial charge in [0.25, 0.3) is 0 Å². The number of carboxylic acid groups (broad SMARTS) is 1. The van der Waals surface area contributed by atoms with Crippen molar-refractivity contribution < 1.29 is 14.6 Å². The lowest BCUT2D eigenvalue weighted by molar-refractivity contribution is 0.0681. The van der Waals surface area contributed by atoms with Crippen LogP contribution in [0.4, 0.5) is 0 Å². The number of aryl methyl sites for hydroxylation is 3. The van der Waals surface area contributed by atoms with E-state index < -0.39 is 5.97 Å². The minimum Gasteiger partial charge on any atom is -0.494 e. The highest BCUT2D eigenvalue weighted by molar-refractivity contribution is 6.32. The van der Waals surface area contributed by atoms with Crippen LogP contribution in [0.2, 0.25) is 5.02 Å². The summed E-state index contributed by atoms with van der Waals surface area (Å²) in [5, 5.41) is 14.9. The van der Waals surface area contributed by atoms with Crippen molar-refractivity contribution in [3.63, 3.8) is 0 Å². The lowest BCUT2D eigenvalue weighted by atomic mass is 10.1. The maximum absolute atomic E-state index is 11.7. The van der Waals surface area contributed by atoms with Gasteiger partial charge in [-0.15, -0.1) is 0 Å². The van der Waals surface area contributed by atoms with Crippen LogP contribution < -0.4 is 4.74 Å². The van der Waals surface area contributed by atoms with E-state index in [0.717, 1.165) is 27.5 Å². The Labute approximate surface area is 169 Å². The van der Waals surface area contributed by atoms with Crippen LogP contribution in [-0.4, -0.2) is 27.5 Å². The van der Waals surface area contributed by atoms with Gasteiger partial charge in [-0.25, -0.2) is 4.79 Å². The van der Waals surface area contributed by atoms with Gasteiger partial charge in [-0.1, -0.05) is 41.9 Å². The summed E-state index contributed by atoms with van der Waals surface area (Å²) < 4.78 is 7.38. The third kappa shape index (κ3) is 4.20. The van der Waals surface area contributed by atoms with Crippen molar-refractivity contribution in [2.45, 2.75) is 33.7 Å². The van der Waals surface area contributed by atoms with E-state index in [1.54, 1.807) is 11.6 Å². The second-order valence-electron chi connectivity index (χ2n) is 6.79. The summed E-state index contributed by atoms with van der Waals surface area (Å²) in [7, 11) is 0. The van der Waals surface area contributed by atoms with E-state index in [9.17, 15) is 9.90 Å². The molecule has 0 atom stereocenters. The lowest BCUT2D eigenvalue weighted by Crippen LogP contribution is -2.13. The van der Waals surface area contributed by atoms with E-state index in [-0.39, 0.29) is 5.69 Å². The second-order valence-corrected chi connectivity index (χ2v) is 7.17. The Bertz CT molecular complexity index is 974. The van der Waals surface area contributed by atoms with Crippen molar-refractivity contribution >= 4 is 17.6 Å². The predicted octanol–water partition coefficient (Wildman–Crippen LogP) is 5.30. The molecule has 1 N–H and O–H groups in total. The molecule has 0 saturated carbocycles. The molecule has 28 heavy (non-hydrogen) atoms. The van der Waals surface area contributed by atoms with Crippen molar-refractivity contribution in [3.05, 3.63) is 69.9 Å².